The van der Waals surface area contributed by atoms with E-state index in [1.165, 1.54) is 11.1 Å². The van der Waals surface area contributed by atoms with Gasteiger partial charge < -0.3 is 9.59 Å². The highest BCUT2D eigenvalue weighted by molar-refractivity contribution is 5.28. The number of aliphatic hydroxyl groups excluding tert-OH is 1. The van der Waals surface area contributed by atoms with Crippen LogP contribution >= 0.6 is 0 Å². The molecule has 0 saturated heterocycles. The number of quaternary nitrogens is 1. The number of hydrogen-bond acceptors (Lipinski definition) is 1. The minimum absolute atomic E-state index is 0.279. The zero-order valence-electron chi connectivity index (χ0n) is 8.90. The molecule has 0 radical (unpaired) electrons. The highest BCUT2D eigenvalue weighted by atomic mass is 16.3. The molecular formula is C12H18NO+. The van der Waals surface area contributed by atoms with Gasteiger partial charge in [0.25, 0.3) is 0 Å². The normalized spacial score (nSPS) is 24.4. The summed E-state index contributed by atoms with van der Waals surface area (Å²) in [4.78, 5) is 0. The number of rotatable bonds is 1. The Balaban J connectivity index is 2.35. The predicted molar refractivity (Wildman–Crippen MR) is 56.8 cm³/mol. The molecule has 1 aromatic rings. The summed E-state index contributed by atoms with van der Waals surface area (Å²) in [6, 6.07) is 8.90. The standard InChI is InChI=1S/C12H18NO/c1-13(2)8-11-6-4-3-5-10(11)7-12(13)9-14/h3-6,12,14H,7-9H2,1-2H3/q+1. The van der Waals surface area contributed by atoms with Gasteiger partial charge in [0.15, 0.2) is 0 Å². The number of aliphatic hydroxyl groups is 1. The monoisotopic (exact) mass is 192 g/mol. The van der Waals surface area contributed by atoms with Gasteiger partial charge in [0.05, 0.1) is 20.7 Å². The van der Waals surface area contributed by atoms with Crippen LogP contribution in [-0.2, 0) is 13.0 Å². The summed E-state index contributed by atoms with van der Waals surface area (Å²) in [5.41, 5.74) is 2.84. The third-order valence-corrected chi connectivity index (χ3v) is 3.35. The second-order valence-electron chi connectivity index (χ2n) is 4.75. The van der Waals surface area contributed by atoms with E-state index in [0.29, 0.717) is 6.04 Å². The molecule has 0 bridgehead atoms. The molecule has 1 heterocycles. The molecule has 1 N–H and O–H groups in total. The molecule has 0 aromatic heterocycles. The lowest BCUT2D eigenvalue weighted by Crippen LogP contribution is -2.53. The second-order valence-corrected chi connectivity index (χ2v) is 4.75. The van der Waals surface area contributed by atoms with Crippen LogP contribution in [0.25, 0.3) is 0 Å². The van der Waals surface area contributed by atoms with Gasteiger partial charge in [-0.2, -0.15) is 0 Å². The molecule has 0 fully saturated rings. The SMILES string of the molecule is C[N+]1(C)Cc2ccccc2CC1CO. The van der Waals surface area contributed by atoms with Crippen LogP contribution in [0.5, 0.6) is 0 Å². The number of hydrogen-bond donors (Lipinski definition) is 1. The van der Waals surface area contributed by atoms with Crippen molar-refractivity contribution in [2.75, 3.05) is 20.7 Å². The first-order valence-corrected chi connectivity index (χ1v) is 5.14. The van der Waals surface area contributed by atoms with E-state index in [9.17, 15) is 5.11 Å². The van der Waals surface area contributed by atoms with Crippen LogP contribution in [0.3, 0.4) is 0 Å². The third kappa shape index (κ3) is 1.56. The largest absolute Gasteiger partial charge is 0.390 e. The Morgan fingerprint density at radius 1 is 1.29 bits per heavy atom. The van der Waals surface area contributed by atoms with Crippen LogP contribution in [0.2, 0.25) is 0 Å². The Bertz CT molecular complexity index is 333. The van der Waals surface area contributed by atoms with Crippen LogP contribution in [-0.4, -0.2) is 36.3 Å². The molecule has 1 aliphatic rings. The molecule has 0 amide bonds. The fourth-order valence-corrected chi connectivity index (χ4v) is 2.27. The topological polar surface area (TPSA) is 20.2 Å². The first-order valence-electron chi connectivity index (χ1n) is 5.14. The second kappa shape index (κ2) is 3.37. The molecule has 14 heavy (non-hydrogen) atoms. The summed E-state index contributed by atoms with van der Waals surface area (Å²) >= 11 is 0. The van der Waals surface area contributed by atoms with E-state index >= 15 is 0 Å². The zero-order chi connectivity index (χ0) is 10.2. The number of likely N-dealkylation sites (N-methyl/N-ethyl adjacent to an activating group) is 1. The van der Waals surface area contributed by atoms with Crippen LogP contribution in [0.15, 0.2) is 24.3 Å². The van der Waals surface area contributed by atoms with Crippen molar-refractivity contribution in [3.05, 3.63) is 35.4 Å². The molecular weight excluding hydrogens is 174 g/mol. The van der Waals surface area contributed by atoms with E-state index in [1.54, 1.807) is 0 Å². The van der Waals surface area contributed by atoms with Gasteiger partial charge in [-0.05, 0) is 5.56 Å². The van der Waals surface area contributed by atoms with Gasteiger partial charge in [0.1, 0.15) is 12.6 Å². The lowest BCUT2D eigenvalue weighted by Gasteiger charge is -2.41. The molecule has 2 heteroatoms. The van der Waals surface area contributed by atoms with Crippen molar-refractivity contribution in [2.45, 2.75) is 19.0 Å². The van der Waals surface area contributed by atoms with E-state index in [0.717, 1.165) is 17.4 Å². The van der Waals surface area contributed by atoms with Crippen molar-refractivity contribution < 1.29 is 9.59 Å². The van der Waals surface area contributed by atoms with Crippen molar-refractivity contribution in [3.8, 4) is 0 Å². The van der Waals surface area contributed by atoms with E-state index in [-0.39, 0.29) is 6.61 Å². The van der Waals surface area contributed by atoms with Gasteiger partial charge in [-0.25, -0.2) is 0 Å². The van der Waals surface area contributed by atoms with Gasteiger partial charge in [-0.3, -0.25) is 0 Å². The summed E-state index contributed by atoms with van der Waals surface area (Å²) in [6.45, 7) is 1.31. The zero-order valence-corrected chi connectivity index (χ0v) is 8.90. The molecule has 2 rings (SSSR count). The minimum atomic E-state index is 0.279. The van der Waals surface area contributed by atoms with Crippen molar-refractivity contribution in [1.29, 1.82) is 0 Å². The third-order valence-electron chi connectivity index (χ3n) is 3.35. The summed E-state index contributed by atoms with van der Waals surface area (Å²) in [5, 5.41) is 9.34. The molecule has 0 saturated carbocycles. The smallest absolute Gasteiger partial charge is 0.116 e. The van der Waals surface area contributed by atoms with E-state index < -0.39 is 0 Å². The highest BCUT2D eigenvalue weighted by Crippen LogP contribution is 2.26. The molecule has 1 aromatic carbocycles. The summed E-state index contributed by atoms with van der Waals surface area (Å²) < 4.78 is 0.896. The maximum atomic E-state index is 9.34. The van der Waals surface area contributed by atoms with E-state index in [2.05, 4.69) is 38.4 Å². The van der Waals surface area contributed by atoms with E-state index in [1.807, 2.05) is 0 Å². The van der Waals surface area contributed by atoms with Gasteiger partial charge in [-0.1, -0.05) is 24.3 Å². The first kappa shape index (κ1) is 9.69. The van der Waals surface area contributed by atoms with Crippen LogP contribution in [0, 0.1) is 0 Å². The molecule has 1 atom stereocenters. The van der Waals surface area contributed by atoms with Crippen LogP contribution in [0.1, 0.15) is 11.1 Å². The predicted octanol–water partition coefficient (Wildman–Crippen LogP) is 1.18. The Kier molecular flexibility index (Phi) is 2.33. The summed E-state index contributed by atoms with van der Waals surface area (Å²) in [5.74, 6) is 0. The summed E-state index contributed by atoms with van der Waals surface area (Å²) in [7, 11) is 4.38. The molecule has 76 valence electrons. The Morgan fingerprint density at radius 2 is 1.93 bits per heavy atom. The van der Waals surface area contributed by atoms with Gasteiger partial charge >= 0.3 is 0 Å². The average Bonchev–Trinajstić information content (AvgIpc) is 2.15. The maximum absolute atomic E-state index is 9.34. The molecule has 0 spiro atoms. The Labute approximate surface area is 85.4 Å². The van der Waals surface area contributed by atoms with Crippen molar-refractivity contribution in [3.63, 3.8) is 0 Å². The van der Waals surface area contributed by atoms with Gasteiger partial charge in [0.2, 0.25) is 0 Å². The van der Waals surface area contributed by atoms with Crippen molar-refractivity contribution >= 4 is 0 Å². The molecule has 0 aliphatic carbocycles. The molecule has 1 aliphatic heterocycles. The highest BCUT2D eigenvalue weighted by Gasteiger charge is 2.33. The number of nitrogens with zero attached hydrogens (tertiary/aromatic N) is 1. The fourth-order valence-electron chi connectivity index (χ4n) is 2.27. The number of fused-ring (bicyclic) bond motifs is 1. The van der Waals surface area contributed by atoms with Crippen molar-refractivity contribution in [1.82, 2.24) is 0 Å². The minimum Gasteiger partial charge on any atom is -0.390 e. The fraction of sp³-hybridized carbons (Fsp3) is 0.500. The summed E-state index contributed by atoms with van der Waals surface area (Å²) in [6.07, 6.45) is 1.000. The molecule has 1 unspecified atom stereocenters. The Hall–Kier alpha value is -0.860. The van der Waals surface area contributed by atoms with Crippen molar-refractivity contribution in [2.24, 2.45) is 0 Å². The van der Waals surface area contributed by atoms with Gasteiger partial charge in [-0.15, -0.1) is 0 Å². The lowest BCUT2D eigenvalue weighted by atomic mass is 9.93. The maximum Gasteiger partial charge on any atom is 0.116 e. The lowest BCUT2D eigenvalue weighted by molar-refractivity contribution is -0.930. The Morgan fingerprint density at radius 3 is 2.57 bits per heavy atom. The quantitative estimate of drug-likeness (QED) is 0.662. The molecule has 2 nitrogen and oxygen atoms in total. The van der Waals surface area contributed by atoms with Crippen LogP contribution < -0.4 is 0 Å². The number of benzene rings is 1. The van der Waals surface area contributed by atoms with Gasteiger partial charge in [0, 0.05) is 12.0 Å². The first-order chi connectivity index (χ1) is 6.63. The van der Waals surface area contributed by atoms with Crippen LogP contribution in [0.4, 0.5) is 0 Å². The van der Waals surface area contributed by atoms with E-state index in [4.69, 9.17) is 0 Å². The average molecular weight is 192 g/mol.